The van der Waals surface area contributed by atoms with E-state index in [4.69, 9.17) is 14.5 Å². The van der Waals surface area contributed by atoms with Crippen LogP contribution in [0.15, 0.2) is 72.8 Å². The van der Waals surface area contributed by atoms with Gasteiger partial charge in [-0.05, 0) is 75.1 Å². The number of hydrogen-bond donors (Lipinski definition) is 0. The lowest BCUT2D eigenvalue weighted by molar-refractivity contribution is 0.186. The Balaban J connectivity index is 1.46. The van der Waals surface area contributed by atoms with Crippen LogP contribution >= 0.6 is 0 Å². The summed E-state index contributed by atoms with van der Waals surface area (Å²) in [6.45, 7) is 7.92. The monoisotopic (exact) mass is 428 g/mol. The van der Waals surface area contributed by atoms with Crippen molar-refractivity contribution in [2.24, 2.45) is 0 Å². The number of imidazole rings is 1. The molecule has 0 radical (unpaired) electrons. The van der Waals surface area contributed by atoms with Crippen molar-refractivity contribution in [2.45, 2.75) is 52.7 Å². The Morgan fingerprint density at radius 1 is 0.844 bits per heavy atom. The van der Waals surface area contributed by atoms with Gasteiger partial charge in [0.25, 0.3) is 0 Å². The molecule has 1 unspecified atom stereocenters. The zero-order valence-electron chi connectivity index (χ0n) is 19.3. The van der Waals surface area contributed by atoms with E-state index >= 15 is 0 Å². The van der Waals surface area contributed by atoms with E-state index in [2.05, 4.69) is 67.8 Å². The van der Waals surface area contributed by atoms with Crippen LogP contribution in [0, 0.1) is 13.8 Å². The van der Waals surface area contributed by atoms with Gasteiger partial charge in [-0.15, -0.1) is 0 Å². The number of unbranched alkanes of at least 4 members (excludes halogenated alkanes) is 1. The third-order valence-electron chi connectivity index (χ3n) is 5.68. The Morgan fingerprint density at radius 3 is 2.44 bits per heavy atom. The van der Waals surface area contributed by atoms with E-state index in [0.29, 0.717) is 6.61 Å². The minimum atomic E-state index is -0.0898. The highest BCUT2D eigenvalue weighted by atomic mass is 16.5. The minimum Gasteiger partial charge on any atom is -0.494 e. The molecule has 0 spiro atoms. The molecule has 1 aromatic heterocycles. The molecule has 0 saturated heterocycles. The van der Waals surface area contributed by atoms with Crippen LogP contribution in [0.3, 0.4) is 0 Å². The lowest BCUT2D eigenvalue weighted by atomic mass is 10.2. The zero-order chi connectivity index (χ0) is 22.3. The van der Waals surface area contributed by atoms with Gasteiger partial charge in [0.2, 0.25) is 0 Å². The number of aromatic nitrogens is 2. The molecule has 1 heterocycles. The summed E-state index contributed by atoms with van der Waals surface area (Å²) in [5.74, 6) is 2.82. The zero-order valence-corrected chi connectivity index (χ0v) is 19.3. The fraction of sp³-hybridized carbons (Fsp3) is 0.321. The molecule has 4 rings (SSSR count). The molecule has 0 aliphatic carbocycles. The summed E-state index contributed by atoms with van der Waals surface area (Å²) in [6, 6.07) is 24.8. The normalized spacial score (nSPS) is 12.1. The Kier molecular flexibility index (Phi) is 7.10. The average molecular weight is 429 g/mol. The van der Waals surface area contributed by atoms with Crippen LogP contribution in [-0.4, -0.2) is 16.2 Å². The summed E-state index contributed by atoms with van der Waals surface area (Å²) in [6.07, 6.45) is 2.76. The van der Waals surface area contributed by atoms with Crippen molar-refractivity contribution < 1.29 is 9.47 Å². The first kappa shape index (κ1) is 21.9. The fourth-order valence-electron chi connectivity index (χ4n) is 3.94. The van der Waals surface area contributed by atoms with Gasteiger partial charge in [0.15, 0.2) is 11.9 Å². The number of hydrogen-bond acceptors (Lipinski definition) is 3. The van der Waals surface area contributed by atoms with E-state index in [1.807, 2.05) is 30.3 Å². The van der Waals surface area contributed by atoms with Crippen LogP contribution in [0.4, 0.5) is 0 Å². The van der Waals surface area contributed by atoms with E-state index < -0.39 is 0 Å². The van der Waals surface area contributed by atoms with Gasteiger partial charge in [-0.2, -0.15) is 0 Å². The first-order chi connectivity index (χ1) is 15.6. The number of fused-ring (bicyclic) bond motifs is 1. The highest BCUT2D eigenvalue weighted by molar-refractivity contribution is 5.76. The lowest BCUT2D eigenvalue weighted by Gasteiger charge is -2.19. The second-order valence-corrected chi connectivity index (χ2v) is 8.31. The van der Waals surface area contributed by atoms with Crippen molar-refractivity contribution >= 4 is 11.0 Å². The Hall–Kier alpha value is -3.27. The molecule has 0 saturated carbocycles. The molecule has 1 atom stereocenters. The maximum Gasteiger partial charge on any atom is 0.156 e. The maximum absolute atomic E-state index is 6.39. The number of nitrogens with zero attached hydrogens (tertiary/aromatic N) is 2. The summed E-state index contributed by atoms with van der Waals surface area (Å²) in [7, 11) is 0. The van der Waals surface area contributed by atoms with Crippen LogP contribution in [0.25, 0.3) is 11.0 Å². The van der Waals surface area contributed by atoms with Crippen LogP contribution < -0.4 is 9.47 Å². The van der Waals surface area contributed by atoms with Gasteiger partial charge in [0, 0.05) is 6.54 Å². The molecule has 166 valence electrons. The van der Waals surface area contributed by atoms with Crippen LogP contribution in [0.2, 0.25) is 0 Å². The number of aryl methyl sites for hydroxylation is 3. The number of para-hydroxylation sites is 2. The number of rotatable bonds is 10. The van der Waals surface area contributed by atoms with Gasteiger partial charge in [-0.25, -0.2) is 4.98 Å². The predicted molar refractivity (Wildman–Crippen MR) is 130 cm³/mol. The molecule has 0 bridgehead atoms. The molecule has 3 aromatic carbocycles. The first-order valence-corrected chi connectivity index (χ1v) is 11.5. The maximum atomic E-state index is 6.39. The number of benzene rings is 3. The molecule has 0 aliphatic rings. The van der Waals surface area contributed by atoms with E-state index in [1.54, 1.807) is 0 Å². The van der Waals surface area contributed by atoms with Gasteiger partial charge < -0.3 is 14.0 Å². The SMILES string of the molecule is CCC(Oc1cccc(C)c1)c1nc2ccccc2n1CCCCOc1ccc(C)cc1. The van der Waals surface area contributed by atoms with Gasteiger partial charge >= 0.3 is 0 Å². The molecule has 0 N–H and O–H groups in total. The van der Waals surface area contributed by atoms with E-state index in [0.717, 1.165) is 54.2 Å². The topological polar surface area (TPSA) is 36.3 Å². The van der Waals surface area contributed by atoms with Crippen molar-refractivity contribution in [3.05, 3.63) is 89.7 Å². The Morgan fingerprint density at radius 2 is 1.66 bits per heavy atom. The minimum absolute atomic E-state index is 0.0898. The molecule has 0 fully saturated rings. The van der Waals surface area contributed by atoms with Crippen LogP contribution in [-0.2, 0) is 6.54 Å². The quantitative estimate of drug-likeness (QED) is 0.254. The van der Waals surface area contributed by atoms with Crippen LogP contribution in [0.5, 0.6) is 11.5 Å². The third kappa shape index (κ3) is 5.31. The van der Waals surface area contributed by atoms with E-state index in [-0.39, 0.29) is 6.10 Å². The second kappa shape index (κ2) is 10.4. The highest BCUT2D eigenvalue weighted by Gasteiger charge is 2.20. The average Bonchev–Trinajstić information content (AvgIpc) is 3.17. The van der Waals surface area contributed by atoms with Crippen LogP contribution in [0.1, 0.15) is 49.2 Å². The molecule has 4 nitrogen and oxygen atoms in total. The molecule has 0 amide bonds. The molecule has 4 heteroatoms. The van der Waals surface area contributed by atoms with Crippen molar-refractivity contribution in [2.75, 3.05) is 6.61 Å². The van der Waals surface area contributed by atoms with E-state index in [1.165, 1.54) is 11.1 Å². The third-order valence-corrected chi connectivity index (χ3v) is 5.68. The predicted octanol–water partition coefficient (Wildman–Crippen LogP) is 7.04. The first-order valence-electron chi connectivity index (χ1n) is 11.5. The Labute approximate surface area is 190 Å². The molecule has 4 aromatic rings. The largest absolute Gasteiger partial charge is 0.494 e. The van der Waals surface area contributed by atoms with Crippen molar-refractivity contribution in [1.29, 1.82) is 0 Å². The summed E-state index contributed by atoms with van der Waals surface area (Å²) < 4.78 is 14.6. The van der Waals surface area contributed by atoms with Gasteiger partial charge in [0.05, 0.1) is 17.6 Å². The molecular formula is C28H32N2O2. The highest BCUT2D eigenvalue weighted by Crippen LogP contribution is 2.28. The second-order valence-electron chi connectivity index (χ2n) is 8.31. The summed E-state index contributed by atoms with van der Waals surface area (Å²) in [5, 5.41) is 0. The summed E-state index contributed by atoms with van der Waals surface area (Å²) >= 11 is 0. The molecule has 0 aliphatic heterocycles. The van der Waals surface area contributed by atoms with Crippen molar-refractivity contribution in [3.8, 4) is 11.5 Å². The van der Waals surface area contributed by atoms with E-state index in [9.17, 15) is 0 Å². The fourth-order valence-corrected chi connectivity index (χ4v) is 3.94. The number of ether oxygens (including phenoxy) is 2. The lowest BCUT2D eigenvalue weighted by Crippen LogP contribution is -2.15. The smallest absolute Gasteiger partial charge is 0.156 e. The van der Waals surface area contributed by atoms with Gasteiger partial charge in [0.1, 0.15) is 11.5 Å². The van der Waals surface area contributed by atoms with Crippen molar-refractivity contribution in [3.63, 3.8) is 0 Å². The standard InChI is InChI=1S/C28H32N2O2/c1-4-27(32-24-11-9-10-22(3)20-24)28-29-25-12-5-6-13-26(25)30(28)18-7-8-19-31-23-16-14-21(2)15-17-23/h5-6,9-17,20,27H,4,7-8,18-19H2,1-3H3. The van der Waals surface area contributed by atoms with Crippen molar-refractivity contribution in [1.82, 2.24) is 9.55 Å². The Bertz CT molecular complexity index is 1150. The summed E-state index contributed by atoms with van der Waals surface area (Å²) in [5.41, 5.74) is 4.62. The summed E-state index contributed by atoms with van der Waals surface area (Å²) in [4.78, 5) is 4.96. The van der Waals surface area contributed by atoms with Gasteiger partial charge in [-0.3, -0.25) is 0 Å². The van der Waals surface area contributed by atoms with Gasteiger partial charge in [-0.1, -0.05) is 48.9 Å². The molecular weight excluding hydrogens is 396 g/mol. The molecule has 32 heavy (non-hydrogen) atoms.